The Morgan fingerprint density at radius 3 is 1.88 bits per heavy atom. The van der Waals surface area contributed by atoms with Gasteiger partial charge >= 0.3 is 0 Å². The van der Waals surface area contributed by atoms with Gasteiger partial charge in [-0.1, -0.05) is 24.3 Å². The summed E-state index contributed by atoms with van der Waals surface area (Å²) < 4.78 is 0. The molecular weight excluding hydrogens is 302 g/mol. The highest BCUT2D eigenvalue weighted by molar-refractivity contribution is 5.84. The summed E-state index contributed by atoms with van der Waals surface area (Å²) in [6, 6.07) is 17.9. The van der Waals surface area contributed by atoms with Crippen molar-refractivity contribution in [3.05, 3.63) is 70.8 Å². The predicted molar refractivity (Wildman–Crippen MR) is 92.3 cm³/mol. The van der Waals surface area contributed by atoms with E-state index in [0.717, 1.165) is 11.1 Å². The van der Waals surface area contributed by atoms with E-state index in [2.05, 4.69) is 20.7 Å². The summed E-state index contributed by atoms with van der Waals surface area (Å²) in [6.45, 7) is 0. The SMILES string of the molecule is N#Cc1ccc(/C=N/N=C(\N)N/N=C/c2ccc(C#N)cc2)cc1. The number of guanidine groups is 1. The molecule has 24 heavy (non-hydrogen) atoms. The summed E-state index contributed by atoms with van der Waals surface area (Å²) in [5.41, 5.74) is 10.9. The average molecular weight is 315 g/mol. The van der Waals surface area contributed by atoms with E-state index >= 15 is 0 Å². The second kappa shape index (κ2) is 8.47. The Hall–Kier alpha value is -3.97. The van der Waals surface area contributed by atoms with Crippen LogP contribution >= 0.6 is 0 Å². The first-order valence-corrected chi connectivity index (χ1v) is 6.87. The predicted octanol–water partition coefficient (Wildman–Crippen LogP) is 1.70. The molecule has 0 radical (unpaired) electrons. The third-order valence-electron chi connectivity index (χ3n) is 2.84. The van der Waals surface area contributed by atoms with Crippen molar-refractivity contribution in [2.24, 2.45) is 21.0 Å². The molecule has 0 unspecified atom stereocenters. The zero-order chi connectivity index (χ0) is 17.2. The molecule has 0 bridgehead atoms. The van der Waals surface area contributed by atoms with Crippen LogP contribution < -0.4 is 11.2 Å². The summed E-state index contributed by atoms with van der Waals surface area (Å²) in [5.74, 6) is 0.0322. The number of nitriles is 2. The van der Waals surface area contributed by atoms with Gasteiger partial charge in [0.05, 0.1) is 35.7 Å². The molecule has 0 spiro atoms. The van der Waals surface area contributed by atoms with E-state index < -0.39 is 0 Å². The van der Waals surface area contributed by atoms with Crippen LogP contribution in [0.4, 0.5) is 0 Å². The van der Waals surface area contributed by atoms with Crippen LogP contribution in [0.25, 0.3) is 0 Å². The lowest BCUT2D eigenvalue weighted by atomic mass is 10.2. The van der Waals surface area contributed by atoms with Gasteiger partial charge in [0.25, 0.3) is 0 Å². The van der Waals surface area contributed by atoms with Crippen LogP contribution in [0.2, 0.25) is 0 Å². The lowest BCUT2D eigenvalue weighted by Crippen LogP contribution is -2.26. The molecule has 0 fully saturated rings. The largest absolute Gasteiger partial charge is 0.367 e. The van der Waals surface area contributed by atoms with E-state index in [1.165, 1.54) is 6.21 Å². The fraction of sp³-hybridized carbons (Fsp3) is 0. The molecule has 0 aliphatic carbocycles. The van der Waals surface area contributed by atoms with Crippen LogP contribution in [0.3, 0.4) is 0 Å². The van der Waals surface area contributed by atoms with Crippen LogP contribution in [-0.2, 0) is 0 Å². The summed E-state index contributed by atoms with van der Waals surface area (Å²) in [7, 11) is 0. The van der Waals surface area contributed by atoms with E-state index in [9.17, 15) is 0 Å². The minimum Gasteiger partial charge on any atom is -0.367 e. The number of nitrogens with one attached hydrogen (secondary N) is 1. The molecule has 0 aliphatic heterocycles. The highest BCUT2D eigenvalue weighted by atomic mass is 15.4. The van der Waals surface area contributed by atoms with E-state index in [1.807, 2.05) is 12.1 Å². The van der Waals surface area contributed by atoms with Crippen LogP contribution in [0, 0.1) is 22.7 Å². The van der Waals surface area contributed by atoms with Crippen LogP contribution in [0.15, 0.2) is 63.8 Å². The van der Waals surface area contributed by atoms with Crippen LogP contribution in [0.5, 0.6) is 0 Å². The number of benzene rings is 2. The van der Waals surface area contributed by atoms with Crippen LogP contribution in [0.1, 0.15) is 22.3 Å². The lowest BCUT2D eigenvalue weighted by Gasteiger charge is -1.96. The number of rotatable bonds is 4. The summed E-state index contributed by atoms with van der Waals surface area (Å²) in [6.07, 6.45) is 3.06. The monoisotopic (exact) mass is 315 g/mol. The maximum atomic E-state index is 8.71. The molecule has 0 saturated carbocycles. The second-order valence-electron chi connectivity index (χ2n) is 4.57. The van der Waals surface area contributed by atoms with E-state index in [0.29, 0.717) is 11.1 Å². The van der Waals surface area contributed by atoms with E-state index in [1.54, 1.807) is 54.7 Å². The zero-order valence-electron chi connectivity index (χ0n) is 12.6. The van der Waals surface area contributed by atoms with Crippen LogP contribution in [-0.4, -0.2) is 18.4 Å². The second-order valence-corrected chi connectivity index (χ2v) is 4.57. The minimum atomic E-state index is 0.0322. The molecule has 0 heterocycles. The highest BCUT2D eigenvalue weighted by Gasteiger charge is 1.92. The summed E-state index contributed by atoms with van der Waals surface area (Å²) in [4.78, 5) is 0. The minimum absolute atomic E-state index is 0.0322. The van der Waals surface area contributed by atoms with Crippen molar-refractivity contribution in [2.75, 3.05) is 0 Å². The number of hydrogen-bond acceptors (Lipinski definition) is 5. The van der Waals surface area contributed by atoms with Crippen molar-refractivity contribution < 1.29 is 0 Å². The fourth-order valence-electron chi connectivity index (χ4n) is 1.64. The summed E-state index contributed by atoms with van der Waals surface area (Å²) >= 11 is 0. The Morgan fingerprint density at radius 1 is 0.875 bits per heavy atom. The normalized spacial score (nSPS) is 11.3. The molecule has 0 saturated heterocycles. The highest BCUT2D eigenvalue weighted by Crippen LogP contribution is 2.01. The van der Waals surface area contributed by atoms with E-state index in [-0.39, 0.29) is 5.96 Å². The average Bonchev–Trinajstić information content (AvgIpc) is 2.63. The van der Waals surface area contributed by atoms with Gasteiger partial charge in [0.15, 0.2) is 0 Å². The molecule has 0 aromatic heterocycles. The van der Waals surface area contributed by atoms with Gasteiger partial charge in [0.1, 0.15) is 0 Å². The molecule has 2 aromatic rings. The molecular formula is C17H13N7. The zero-order valence-corrected chi connectivity index (χ0v) is 12.6. The quantitative estimate of drug-likeness (QED) is 0.506. The van der Waals surface area contributed by atoms with Gasteiger partial charge in [-0.15, -0.1) is 5.10 Å². The fourth-order valence-corrected chi connectivity index (χ4v) is 1.64. The first-order chi connectivity index (χ1) is 11.7. The Kier molecular flexibility index (Phi) is 5.79. The first-order valence-electron chi connectivity index (χ1n) is 6.87. The smallest absolute Gasteiger partial charge is 0.234 e. The molecule has 2 rings (SSSR count). The van der Waals surface area contributed by atoms with Gasteiger partial charge < -0.3 is 5.73 Å². The molecule has 0 amide bonds. The molecule has 2 aromatic carbocycles. The molecule has 0 atom stereocenters. The molecule has 3 N–H and O–H groups in total. The lowest BCUT2D eigenvalue weighted by molar-refractivity contribution is 0.994. The van der Waals surface area contributed by atoms with Gasteiger partial charge in [-0.05, 0) is 35.4 Å². The molecule has 0 aliphatic rings. The Labute approximate surface area is 139 Å². The Balaban J connectivity index is 1.88. The molecule has 7 nitrogen and oxygen atoms in total. The number of nitrogens with two attached hydrogens (primary N) is 1. The third kappa shape index (κ3) is 5.10. The van der Waals surface area contributed by atoms with Crippen molar-refractivity contribution in [2.45, 2.75) is 0 Å². The van der Waals surface area contributed by atoms with Gasteiger partial charge in [-0.25, -0.2) is 5.43 Å². The maximum absolute atomic E-state index is 8.71. The van der Waals surface area contributed by atoms with Crippen molar-refractivity contribution in [3.63, 3.8) is 0 Å². The maximum Gasteiger partial charge on any atom is 0.234 e. The Bertz CT molecular complexity index is 848. The van der Waals surface area contributed by atoms with Gasteiger partial charge in [0, 0.05) is 0 Å². The van der Waals surface area contributed by atoms with Gasteiger partial charge in [0.2, 0.25) is 5.96 Å². The molecule has 116 valence electrons. The van der Waals surface area contributed by atoms with E-state index in [4.69, 9.17) is 16.3 Å². The van der Waals surface area contributed by atoms with Crippen molar-refractivity contribution in [1.29, 1.82) is 10.5 Å². The van der Waals surface area contributed by atoms with Crippen molar-refractivity contribution >= 4 is 18.4 Å². The Morgan fingerprint density at radius 2 is 1.38 bits per heavy atom. The number of nitrogens with zero attached hydrogens (tertiary/aromatic N) is 5. The standard InChI is InChI=1S/C17H13N7/c18-9-13-1-5-15(6-2-13)11-21-23-17(20)24-22-12-16-7-3-14(10-19)4-8-16/h1-8,11-12H,(H3,20,23,24)/b21-11+,22-12+. The third-order valence-corrected chi connectivity index (χ3v) is 2.84. The number of hydrogen-bond donors (Lipinski definition) is 2. The van der Waals surface area contributed by atoms with Gasteiger partial charge in [-0.2, -0.15) is 20.7 Å². The van der Waals surface area contributed by atoms with Crippen molar-refractivity contribution in [1.82, 2.24) is 5.43 Å². The van der Waals surface area contributed by atoms with Gasteiger partial charge in [-0.3, -0.25) is 0 Å². The topological polar surface area (TPSA) is 123 Å². The number of hydrazone groups is 1. The van der Waals surface area contributed by atoms with Crippen molar-refractivity contribution in [3.8, 4) is 12.1 Å². The first kappa shape index (κ1) is 16.4. The summed E-state index contributed by atoms with van der Waals surface area (Å²) in [5, 5.41) is 28.9. The molecule has 7 heteroatoms.